The summed E-state index contributed by atoms with van der Waals surface area (Å²) in [5, 5.41) is 7.15. The van der Waals surface area contributed by atoms with Crippen molar-refractivity contribution < 1.29 is 13.9 Å². The number of esters is 1. The third-order valence-corrected chi connectivity index (χ3v) is 2.25. The monoisotopic (exact) mass is 235 g/mol. The Bertz CT molecular complexity index is 516. The Kier molecular flexibility index (Phi) is 3.13. The molecule has 2 rings (SSSR count). The van der Waals surface area contributed by atoms with Gasteiger partial charge >= 0.3 is 5.97 Å². The maximum Gasteiger partial charge on any atom is 0.341 e. The first-order chi connectivity index (χ1) is 8.19. The van der Waals surface area contributed by atoms with E-state index in [9.17, 15) is 4.79 Å². The van der Waals surface area contributed by atoms with Crippen LogP contribution in [0.25, 0.3) is 0 Å². The van der Waals surface area contributed by atoms with Crippen LogP contribution in [0, 0.1) is 0 Å². The number of aryl methyl sites for hydroxylation is 1. The fourth-order valence-corrected chi connectivity index (χ4v) is 1.40. The van der Waals surface area contributed by atoms with Crippen molar-refractivity contribution in [1.29, 1.82) is 0 Å². The van der Waals surface area contributed by atoms with Crippen molar-refractivity contribution in [3.63, 3.8) is 0 Å². The van der Waals surface area contributed by atoms with Gasteiger partial charge < -0.3 is 14.5 Å². The number of furan rings is 1. The van der Waals surface area contributed by atoms with Gasteiger partial charge in [-0.15, -0.1) is 0 Å². The second-order valence-electron chi connectivity index (χ2n) is 3.55. The number of nitrogens with zero attached hydrogens (tertiary/aromatic N) is 2. The van der Waals surface area contributed by atoms with Crippen molar-refractivity contribution in [1.82, 2.24) is 9.78 Å². The Morgan fingerprint density at radius 2 is 2.47 bits per heavy atom. The molecule has 0 unspecified atom stereocenters. The molecule has 0 saturated carbocycles. The van der Waals surface area contributed by atoms with Crippen LogP contribution >= 0.6 is 0 Å². The van der Waals surface area contributed by atoms with Gasteiger partial charge in [0, 0.05) is 13.2 Å². The predicted octanol–water partition coefficient (Wildman–Crippen LogP) is 1.41. The topological polar surface area (TPSA) is 69.3 Å². The minimum atomic E-state index is -0.402. The van der Waals surface area contributed by atoms with Crippen LogP contribution in [0.15, 0.2) is 29.1 Å². The molecule has 0 bridgehead atoms. The van der Waals surface area contributed by atoms with Gasteiger partial charge in [0.2, 0.25) is 0 Å². The Morgan fingerprint density at radius 3 is 3.12 bits per heavy atom. The number of rotatable bonds is 4. The van der Waals surface area contributed by atoms with Crippen LogP contribution in [-0.4, -0.2) is 22.9 Å². The average molecular weight is 235 g/mol. The Hall–Kier alpha value is -2.24. The highest BCUT2D eigenvalue weighted by atomic mass is 16.5. The zero-order valence-electron chi connectivity index (χ0n) is 9.64. The maximum absolute atomic E-state index is 11.2. The highest BCUT2D eigenvalue weighted by molar-refractivity contribution is 5.88. The molecule has 0 aliphatic rings. The molecule has 0 aliphatic heterocycles. The van der Waals surface area contributed by atoms with E-state index in [4.69, 9.17) is 4.42 Å². The van der Waals surface area contributed by atoms with Gasteiger partial charge in [-0.1, -0.05) is 0 Å². The largest absolute Gasteiger partial charge is 0.467 e. The number of carbonyl (C=O) groups excluding carboxylic acids is 1. The van der Waals surface area contributed by atoms with Crippen LogP contribution in [0.1, 0.15) is 16.1 Å². The van der Waals surface area contributed by atoms with Crippen LogP contribution in [0.3, 0.4) is 0 Å². The Labute approximate surface area is 98.2 Å². The number of hydrogen-bond donors (Lipinski definition) is 1. The predicted molar refractivity (Wildman–Crippen MR) is 60.6 cm³/mol. The normalized spacial score (nSPS) is 10.2. The van der Waals surface area contributed by atoms with E-state index in [-0.39, 0.29) is 0 Å². The van der Waals surface area contributed by atoms with Crippen LogP contribution in [-0.2, 0) is 18.3 Å². The average Bonchev–Trinajstić information content (AvgIpc) is 2.94. The fraction of sp³-hybridized carbons (Fsp3) is 0.273. The first kappa shape index (κ1) is 11.3. The summed E-state index contributed by atoms with van der Waals surface area (Å²) in [4.78, 5) is 11.2. The zero-order chi connectivity index (χ0) is 12.3. The third-order valence-electron chi connectivity index (χ3n) is 2.25. The first-order valence-corrected chi connectivity index (χ1v) is 5.07. The molecule has 1 N–H and O–H groups in total. The summed E-state index contributed by atoms with van der Waals surface area (Å²) in [6.45, 7) is 0.489. The lowest BCUT2D eigenvalue weighted by atomic mass is 10.3. The van der Waals surface area contributed by atoms with Gasteiger partial charge in [0.1, 0.15) is 12.0 Å². The Morgan fingerprint density at radius 1 is 1.65 bits per heavy atom. The summed E-state index contributed by atoms with van der Waals surface area (Å²) in [5.41, 5.74) is 1.30. The molecule has 6 nitrogen and oxygen atoms in total. The van der Waals surface area contributed by atoms with E-state index in [1.54, 1.807) is 16.9 Å². The zero-order valence-corrected chi connectivity index (χ0v) is 9.64. The van der Waals surface area contributed by atoms with Gasteiger partial charge in [0.15, 0.2) is 0 Å². The highest BCUT2D eigenvalue weighted by Gasteiger charge is 2.09. The van der Waals surface area contributed by atoms with Crippen LogP contribution in [0.4, 0.5) is 5.69 Å². The van der Waals surface area contributed by atoms with E-state index < -0.39 is 5.97 Å². The molecule has 0 aromatic carbocycles. The molecule has 2 heterocycles. The quantitative estimate of drug-likeness (QED) is 0.811. The molecule has 0 spiro atoms. The molecule has 2 aromatic heterocycles. The molecule has 0 amide bonds. The van der Waals surface area contributed by atoms with E-state index in [1.165, 1.54) is 13.4 Å². The molecule has 2 aromatic rings. The number of ether oxygens (including phenoxy) is 1. The lowest BCUT2D eigenvalue weighted by molar-refractivity contribution is 0.0600. The number of nitrogens with one attached hydrogen (secondary N) is 1. The number of aromatic nitrogens is 2. The molecular formula is C11H13N3O3. The smallest absolute Gasteiger partial charge is 0.341 e. The molecule has 0 saturated heterocycles. The van der Waals surface area contributed by atoms with E-state index in [1.807, 2.05) is 13.2 Å². The van der Waals surface area contributed by atoms with Gasteiger partial charge in [-0.05, 0) is 6.07 Å². The van der Waals surface area contributed by atoms with E-state index in [2.05, 4.69) is 15.2 Å². The van der Waals surface area contributed by atoms with Crippen molar-refractivity contribution in [2.24, 2.45) is 7.05 Å². The van der Waals surface area contributed by atoms with Crippen molar-refractivity contribution in [3.05, 3.63) is 36.0 Å². The molecule has 90 valence electrons. The summed E-state index contributed by atoms with van der Waals surface area (Å²) < 4.78 is 11.5. The van der Waals surface area contributed by atoms with Gasteiger partial charge in [-0.2, -0.15) is 5.10 Å². The van der Waals surface area contributed by atoms with Crippen LogP contribution in [0.5, 0.6) is 0 Å². The summed E-state index contributed by atoms with van der Waals surface area (Å²) in [7, 11) is 3.18. The minimum Gasteiger partial charge on any atom is -0.467 e. The van der Waals surface area contributed by atoms with Crippen molar-refractivity contribution in [3.8, 4) is 0 Å². The third kappa shape index (κ3) is 2.66. The van der Waals surface area contributed by atoms with E-state index in [0.29, 0.717) is 17.9 Å². The highest BCUT2D eigenvalue weighted by Crippen LogP contribution is 2.11. The minimum absolute atomic E-state index is 0.402. The summed E-state index contributed by atoms with van der Waals surface area (Å²) in [6.07, 6.45) is 4.94. The maximum atomic E-state index is 11.2. The molecular weight excluding hydrogens is 222 g/mol. The summed E-state index contributed by atoms with van der Waals surface area (Å²) in [6, 6.07) is 1.65. The van der Waals surface area contributed by atoms with Crippen molar-refractivity contribution in [2.45, 2.75) is 6.54 Å². The molecule has 0 fully saturated rings. The van der Waals surface area contributed by atoms with Crippen LogP contribution < -0.4 is 5.32 Å². The number of carbonyl (C=O) groups is 1. The SMILES string of the molecule is COC(=O)c1coc(CNc2cnn(C)c2)c1. The molecule has 6 heteroatoms. The fourth-order valence-electron chi connectivity index (χ4n) is 1.40. The summed E-state index contributed by atoms with van der Waals surface area (Å²) >= 11 is 0. The van der Waals surface area contributed by atoms with Gasteiger partial charge in [0.25, 0.3) is 0 Å². The molecule has 0 aliphatic carbocycles. The second-order valence-corrected chi connectivity index (χ2v) is 3.55. The van der Waals surface area contributed by atoms with Gasteiger partial charge in [-0.3, -0.25) is 4.68 Å². The van der Waals surface area contributed by atoms with E-state index >= 15 is 0 Å². The van der Waals surface area contributed by atoms with Crippen LogP contribution in [0.2, 0.25) is 0 Å². The standard InChI is InChI=1S/C11H13N3O3/c1-14-6-9(4-13-14)12-5-10-3-8(7-17-10)11(15)16-2/h3-4,6-7,12H,5H2,1-2H3. The molecule has 0 radical (unpaired) electrons. The first-order valence-electron chi connectivity index (χ1n) is 5.07. The second kappa shape index (κ2) is 4.73. The molecule has 0 atom stereocenters. The Balaban J connectivity index is 1.95. The lowest BCUT2D eigenvalue weighted by Gasteiger charge is -1.98. The van der Waals surface area contributed by atoms with Gasteiger partial charge in [0.05, 0.1) is 31.1 Å². The number of anilines is 1. The molecule has 17 heavy (non-hydrogen) atoms. The van der Waals surface area contributed by atoms with Gasteiger partial charge in [-0.25, -0.2) is 4.79 Å². The van der Waals surface area contributed by atoms with E-state index in [0.717, 1.165) is 5.69 Å². The van der Waals surface area contributed by atoms with Crippen molar-refractivity contribution >= 4 is 11.7 Å². The number of methoxy groups -OCH3 is 1. The lowest BCUT2D eigenvalue weighted by Crippen LogP contribution is -1.99. The number of hydrogen-bond acceptors (Lipinski definition) is 5. The van der Waals surface area contributed by atoms with Crippen molar-refractivity contribution in [2.75, 3.05) is 12.4 Å². The summed E-state index contributed by atoms with van der Waals surface area (Å²) in [5.74, 6) is 0.260.